The first-order valence-corrected chi connectivity index (χ1v) is 6.44. The first kappa shape index (κ1) is 14.4. The highest BCUT2D eigenvalue weighted by molar-refractivity contribution is 5.92. The minimum atomic E-state index is -1.26. The van der Waals surface area contributed by atoms with E-state index in [1.807, 2.05) is 0 Å². The van der Waals surface area contributed by atoms with E-state index in [1.54, 1.807) is 45.9 Å². The van der Waals surface area contributed by atoms with Crippen LogP contribution in [-0.4, -0.2) is 17.6 Å². The van der Waals surface area contributed by atoms with Gasteiger partial charge in [-0.15, -0.1) is 0 Å². The summed E-state index contributed by atoms with van der Waals surface area (Å²) in [5.41, 5.74) is -0.493. The molecule has 20 heavy (non-hydrogen) atoms. The molecule has 1 atom stereocenters. The Hall–Kier alpha value is -2.01. The Kier molecular flexibility index (Phi) is 3.72. The van der Waals surface area contributed by atoms with Crippen molar-refractivity contribution in [3.8, 4) is 0 Å². The van der Waals surface area contributed by atoms with Gasteiger partial charge in [0.2, 0.25) is 0 Å². The molecule has 0 fully saturated rings. The fourth-order valence-electron chi connectivity index (χ4n) is 2.01. The van der Waals surface area contributed by atoms with Gasteiger partial charge in [-0.05, 0) is 45.9 Å². The third-order valence-electron chi connectivity index (χ3n) is 3.11. The van der Waals surface area contributed by atoms with Gasteiger partial charge < -0.3 is 19.3 Å². The highest BCUT2D eigenvalue weighted by atomic mass is 16.4. The normalized spacial score (nSPS) is 14.1. The van der Waals surface area contributed by atoms with E-state index in [0.29, 0.717) is 17.3 Å². The second-order valence-electron chi connectivity index (χ2n) is 5.24. The number of aryl methyl sites for hydroxylation is 3. The van der Waals surface area contributed by atoms with Crippen molar-refractivity contribution in [1.82, 2.24) is 5.32 Å². The number of nitrogens with one attached hydrogen (secondary N) is 1. The zero-order valence-corrected chi connectivity index (χ0v) is 12.1. The largest absolute Gasteiger partial charge is 0.463 e. The summed E-state index contributed by atoms with van der Waals surface area (Å²) in [5.74, 6) is 1.74. The molecule has 0 aromatic carbocycles. The second-order valence-corrected chi connectivity index (χ2v) is 5.24. The number of carbonyl (C=O) groups excluding carboxylic acids is 1. The van der Waals surface area contributed by atoms with Crippen molar-refractivity contribution in [3.05, 3.63) is 46.8 Å². The van der Waals surface area contributed by atoms with E-state index in [4.69, 9.17) is 8.83 Å². The van der Waals surface area contributed by atoms with E-state index in [-0.39, 0.29) is 18.2 Å². The van der Waals surface area contributed by atoms with E-state index in [0.717, 1.165) is 5.56 Å². The molecule has 5 nitrogen and oxygen atoms in total. The van der Waals surface area contributed by atoms with Crippen LogP contribution in [0.1, 0.15) is 40.3 Å². The summed E-state index contributed by atoms with van der Waals surface area (Å²) in [6.45, 7) is 7.02. The number of hydrogen-bond acceptors (Lipinski definition) is 4. The van der Waals surface area contributed by atoms with Crippen LogP contribution in [0.4, 0.5) is 0 Å². The maximum atomic E-state index is 12.0. The molecule has 0 aliphatic rings. The number of aliphatic hydroxyl groups is 1. The quantitative estimate of drug-likeness (QED) is 0.900. The molecule has 0 saturated carbocycles. The number of hydrogen-bond donors (Lipinski definition) is 2. The van der Waals surface area contributed by atoms with Crippen LogP contribution in [0.25, 0.3) is 0 Å². The van der Waals surface area contributed by atoms with Gasteiger partial charge in [-0.1, -0.05) is 0 Å². The lowest BCUT2D eigenvalue weighted by Crippen LogP contribution is -2.38. The molecule has 0 radical (unpaired) electrons. The third-order valence-corrected chi connectivity index (χ3v) is 3.11. The van der Waals surface area contributed by atoms with Gasteiger partial charge in [0.05, 0.1) is 6.54 Å². The van der Waals surface area contributed by atoms with Gasteiger partial charge in [-0.3, -0.25) is 4.79 Å². The SMILES string of the molecule is Cc1ccc(C(C)(O)CNC(=O)c2oc(C)cc2C)o1. The molecular formula is C15H19NO4. The maximum Gasteiger partial charge on any atom is 0.287 e. The predicted molar refractivity (Wildman–Crippen MR) is 73.5 cm³/mol. The van der Waals surface area contributed by atoms with Crippen LogP contribution in [0.5, 0.6) is 0 Å². The molecule has 2 aromatic heterocycles. The first-order valence-electron chi connectivity index (χ1n) is 6.44. The molecule has 1 unspecified atom stereocenters. The summed E-state index contributed by atoms with van der Waals surface area (Å²) in [6.07, 6.45) is 0. The van der Waals surface area contributed by atoms with E-state index in [1.165, 1.54) is 0 Å². The van der Waals surface area contributed by atoms with Crippen molar-refractivity contribution in [3.63, 3.8) is 0 Å². The number of rotatable bonds is 4. The molecule has 0 aliphatic heterocycles. The van der Waals surface area contributed by atoms with Crippen LogP contribution >= 0.6 is 0 Å². The van der Waals surface area contributed by atoms with Crippen molar-refractivity contribution >= 4 is 5.91 Å². The van der Waals surface area contributed by atoms with E-state index in [2.05, 4.69) is 5.32 Å². The summed E-state index contributed by atoms with van der Waals surface area (Å²) in [7, 11) is 0. The molecular weight excluding hydrogens is 258 g/mol. The number of furan rings is 2. The van der Waals surface area contributed by atoms with Crippen molar-refractivity contribution in [1.29, 1.82) is 0 Å². The highest BCUT2D eigenvalue weighted by Gasteiger charge is 2.28. The lowest BCUT2D eigenvalue weighted by Gasteiger charge is -2.21. The maximum absolute atomic E-state index is 12.0. The van der Waals surface area contributed by atoms with Gasteiger partial charge in [0, 0.05) is 5.56 Å². The zero-order chi connectivity index (χ0) is 14.9. The Morgan fingerprint density at radius 3 is 2.45 bits per heavy atom. The number of carbonyl (C=O) groups is 1. The molecule has 2 N–H and O–H groups in total. The van der Waals surface area contributed by atoms with Crippen LogP contribution in [0, 0.1) is 20.8 Å². The van der Waals surface area contributed by atoms with Crippen LogP contribution in [0.15, 0.2) is 27.0 Å². The minimum absolute atomic E-state index is 0.0397. The molecule has 1 amide bonds. The van der Waals surface area contributed by atoms with Gasteiger partial charge in [0.15, 0.2) is 5.76 Å². The molecule has 108 valence electrons. The fourth-order valence-corrected chi connectivity index (χ4v) is 2.01. The molecule has 0 saturated heterocycles. The van der Waals surface area contributed by atoms with Crippen LogP contribution in [0.2, 0.25) is 0 Å². The lowest BCUT2D eigenvalue weighted by molar-refractivity contribution is 0.0319. The predicted octanol–water partition coefficient (Wildman–Crippen LogP) is 2.44. The van der Waals surface area contributed by atoms with Crippen LogP contribution in [0.3, 0.4) is 0 Å². The Morgan fingerprint density at radius 1 is 1.25 bits per heavy atom. The Morgan fingerprint density at radius 2 is 1.95 bits per heavy atom. The van der Waals surface area contributed by atoms with Gasteiger partial charge in [-0.25, -0.2) is 0 Å². The molecule has 5 heteroatoms. The summed E-state index contributed by atoms with van der Waals surface area (Å²) in [4.78, 5) is 12.0. The van der Waals surface area contributed by atoms with Gasteiger partial charge in [-0.2, -0.15) is 0 Å². The van der Waals surface area contributed by atoms with E-state index >= 15 is 0 Å². The molecule has 0 bridgehead atoms. The lowest BCUT2D eigenvalue weighted by atomic mass is 10.0. The Labute approximate surface area is 117 Å². The standard InChI is InChI=1S/C15H19NO4/c1-9-7-11(3)20-13(9)14(17)16-8-15(4,18)12-6-5-10(2)19-12/h5-7,18H,8H2,1-4H3,(H,16,17). The summed E-state index contributed by atoms with van der Waals surface area (Å²) in [6, 6.07) is 5.26. The van der Waals surface area contributed by atoms with Crippen LogP contribution < -0.4 is 5.32 Å². The second kappa shape index (κ2) is 5.17. The average Bonchev–Trinajstić information content (AvgIpc) is 2.93. The van der Waals surface area contributed by atoms with Gasteiger partial charge in [0.1, 0.15) is 22.9 Å². The molecule has 0 spiro atoms. The van der Waals surface area contributed by atoms with Crippen molar-refractivity contribution in [2.24, 2.45) is 0 Å². The summed E-state index contributed by atoms with van der Waals surface area (Å²) >= 11 is 0. The van der Waals surface area contributed by atoms with Crippen molar-refractivity contribution < 1.29 is 18.7 Å². The summed E-state index contributed by atoms with van der Waals surface area (Å²) < 4.78 is 10.7. The van der Waals surface area contributed by atoms with Crippen LogP contribution in [-0.2, 0) is 5.60 Å². The average molecular weight is 277 g/mol. The van der Waals surface area contributed by atoms with E-state index < -0.39 is 5.60 Å². The first-order chi connectivity index (χ1) is 9.29. The van der Waals surface area contributed by atoms with Crippen molar-refractivity contribution in [2.75, 3.05) is 6.54 Å². The molecule has 0 aliphatic carbocycles. The molecule has 2 heterocycles. The third kappa shape index (κ3) is 2.93. The highest BCUT2D eigenvalue weighted by Crippen LogP contribution is 2.22. The molecule has 2 aromatic rings. The smallest absolute Gasteiger partial charge is 0.287 e. The topological polar surface area (TPSA) is 75.6 Å². The zero-order valence-electron chi connectivity index (χ0n) is 12.1. The molecule has 2 rings (SSSR count). The van der Waals surface area contributed by atoms with E-state index in [9.17, 15) is 9.90 Å². The minimum Gasteiger partial charge on any atom is -0.463 e. The Bertz CT molecular complexity index is 622. The summed E-state index contributed by atoms with van der Waals surface area (Å²) in [5, 5.41) is 13.0. The monoisotopic (exact) mass is 277 g/mol. The van der Waals surface area contributed by atoms with Crippen molar-refractivity contribution in [2.45, 2.75) is 33.3 Å². The fraction of sp³-hybridized carbons (Fsp3) is 0.400. The van der Waals surface area contributed by atoms with Gasteiger partial charge in [0.25, 0.3) is 5.91 Å². The Balaban J connectivity index is 2.04. The number of amides is 1. The van der Waals surface area contributed by atoms with Gasteiger partial charge >= 0.3 is 0 Å².